The van der Waals surface area contributed by atoms with Crippen LogP contribution in [-0.4, -0.2) is 24.3 Å². The van der Waals surface area contributed by atoms with Crippen LogP contribution >= 0.6 is 0 Å². The highest BCUT2D eigenvalue weighted by molar-refractivity contribution is 5.92. The third-order valence-electron chi connectivity index (χ3n) is 2.00. The highest BCUT2D eigenvalue weighted by Crippen LogP contribution is 2.34. The Morgan fingerprint density at radius 2 is 2.13 bits per heavy atom. The zero-order valence-electron chi connectivity index (χ0n) is 7.69. The molecule has 0 radical (unpaired) electrons. The maximum Gasteiger partial charge on any atom is 0.339 e. The van der Waals surface area contributed by atoms with Gasteiger partial charge in [-0.3, -0.25) is 0 Å². The first-order valence-corrected chi connectivity index (χ1v) is 4.29. The lowest BCUT2D eigenvalue weighted by Crippen LogP contribution is -2.18. The summed E-state index contributed by atoms with van der Waals surface area (Å²) in [5.41, 5.74) is 0.209. The maximum absolute atomic E-state index is 10.9. The van der Waals surface area contributed by atoms with Gasteiger partial charge in [0.05, 0.1) is 11.6 Å². The molecule has 5 heteroatoms. The van der Waals surface area contributed by atoms with Crippen LogP contribution in [-0.2, 0) is 0 Å². The van der Waals surface area contributed by atoms with Crippen molar-refractivity contribution < 1.29 is 19.4 Å². The van der Waals surface area contributed by atoms with Gasteiger partial charge in [0.15, 0.2) is 11.5 Å². The van der Waals surface area contributed by atoms with Crippen molar-refractivity contribution in [2.75, 3.05) is 13.2 Å². The molecule has 0 bridgehead atoms. The molecular weight excluding hydrogens is 198 g/mol. The Balaban J connectivity index is 2.62. The molecule has 0 aliphatic carbocycles. The molecule has 1 N–H and O–H groups in total. The molecule has 0 aromatic heterocycles. The number of nitrogens with zero attached hydrogens (tertiary/aromatic N) is 1. The smallest absolute Gasteiger partial charge is 0.339 e. The molecule has 1 aromatic rings. The van der Waals surface area contributed by atoms with E-state index in [1.165, 1.54) is 12.1 Å². The number of aromatic carboxylic acids is 1. The highest BCUT2D eigenvalue weighted by Gasteiger charge is 2.21. The van der Waals surface area contributed by atoms with Gasteiger partial charge in [-0.15, -0.1) is 0 Å². The lowest BCUT2D eigenvalue weighted by atomic mass is 10.1. The number of ether oxygens (including phenoxy) is 2. The van der Waals surface area contributed by atoms with Crippen LogP contribution in [0.2, 0.25) is 0 Å². The number of carboxylic acids is 1. The Kier molecular flexibility index (Phi) is 2.18. The van der Waals surface area contributed by atoms with E-state index in [-0.39, 0.29) is 16.9 Å². The predicted octanol–water partition coefficient (Wildman–Crippen LogP) is 1.03. The fourth-order valence-corrected chi connectivity index (χ4v) is 1.38. The fraction of sp³-hybridized carbons (Fsp3) is 0.200. The van der Waals surface area contributed by atoms with Gasteiger partial charge < -0.3 is 14.6 Å². The molecular formula is C10H7NO4. The minimum Gasteiger partial charge on any atom is -0.486 e. The van der Waals surface area contributed by atoms with E-state index in [0.29, 0.717) is 19.0 Å². The van der Waals surface area contributed by atoms with Gasteiger partial charge >= 0.3 is 5.97 Å². The number of carbonyl (C=O) groups is 1. The van der Waals surface area contributed by atoms with E-state index in [2.05, 4.69) is 0 Å². The average Bonchev–Trinajstić information content (AvgIpc) is 2.27. The molecule has 1 aliphatic rings. The van der Waals surface area contributed by atoms with Crippen LogP contribution < -0.4 is 9.47 Å². The number of benzene rings is 1. The Morgan fingerprint density at radius 3 is 2.80 bits per heavy atom. The molecule has 15 heavy (non-hydrogen) atoms. The molecule has 0 saturated carbocycles. The second-order valence-electron chi connectivity index (χ2n) is 2.96. The van der Waals surface area contributed by atoms with Gasteiger partial charge in [0.2, 0.25) is 0 Å². The van der Waals surface area contributed by atoms with Crippen LogP contribution in [0.3, 0.4) is 0 Å². The van der Waals surface area contributed by atoms with Crippen molar-refractivity contribution in [1.82, 2.24) is 0 Å². The maximum atomic E-state index is 10.9. The summed E-state index contributed by atoms with van der Waals surface area (Å²) in [5.74, 6) is -0.612. The summed E-state index contributed by atoms with van der Waals surface area (Å²) in [6, 6.07) is 4.62. The zero-order valence-corrected chi connectivity index (χ0v) is 7.69. The van der Waals surface area contributed by atoms with Gasteiger partial charge in [-0.05, 0) is 6.07 Å². The molecule has 1 aromatic carbocycles. The van der Waals surface area contributed by atoms with E-state index >= 15 is 0 Å². The van der Waals surface area contributed by atoms with E-state index in [1.54, 1.807) is 0 Å². The van der Waals surface area contributed by atoms with Crippen LogP contribution in [0.4, 0.5) is 0 Å². The van der Waals surface area contributed by atoms with Gasteiger partial charge in [0, 0.05) is 6.07 Å². The van der Waals surface area contributed by atoms with Crippen molar-refractivity contribution in [1.29, 1.82) is 5.26 Å². The third kappa shape index (κ3) is 1.57. The van der Waals surface area contributed by atoms with E-state index in [1.807, 2.05) is 6.07 Å². The summed E-state index contributed by atoms with van der Waals surface area (Å²) in [6.45, 7) is 0.681. The molecule has 5 nitrogen and oxygen atoms in total. The van der Waals surface area contributed by atoms with E-state index in [0.717, 1.165) is 0 Å². The Bertz CT molecular complexity index is 461. The zero-order chi connectivity index (χ0) is 10.8. The van der Waals surface area contributed by atoms with E-state index < -0.39 is 5.97 Å². The topological polar surface area (TPSA) is 79.6 Å². The number of fused-ring (bicyclic) bond motifs is 1. The van der Waals surface area contributed by atoms with Gasteiger partial charge in [-0.2, -0.15) is 5.26 Å². The van der Waals surface area contributed by atoms with Crippen molar-refractivity contribution >= 4 is 5.97 Å². The standard InChI is InChI=1S/C10H7NO4/c11-5-6-3-7(10(12)13)9-8(4-6)14-1-2-15-9/h3-4H,1-2H2,(H,12,13). The molecule has 0 fully saturated rings. The minimum atomic E-state index is -1.13. The number of nitriles is 1. The molecule has 0 amide bonds. The number of hydrogen-bond acceptors (Lipinski definition) is 4. The summed E-state index contributed by atoms with van der Waals surface area (Å²) in [5, 5.41) is 17.6. The number of carboxylic acid groups (broad SMARTS) is 1. The summed E-state index contributed by atoms with van der Waals surface area (Å²) in [7, 11) is 0. The summed E-state index contributed by atoms with van der Waals surface area (Å²) < 4.78 is 10.4. The van der Waals surface area contributed by atoms with Crippen molar-refractivity contribution in [2.24, 2.45) is 0 Å². The van der Waals surface area contributed by atoms with Gasteiger partial charge in [-0.1, -0.05) is 0 Å². The number of rotatable bonds is 1. The van der Waals surface area contributed by atoms with Crippen LogP contribution in [0, 0.1) is 11.3 Å². The molecule has 2 rings (SSSR count). The predicted molar refractivity (Wildman–Crippen MR) is 49.1 cm³/mol. The lowest BCUT2D eigenvalue weighted by molar-refractivity contribution is 0.0686. The first kappa shape index (κ1) is 9.34. The molecule has 0 spiro atoms. The largest absolute Gasteiger partial charge is 0.486 e. The molecule has 1 aliphatic heterocycles. The highest BCUT2D eigenvalue weighted by atomic mass is 16.6. The Morgan fingerprint density at radius 1 is 1.40 bits per heavy atom. The van der Waals surface area contributed by atoms with Gasteiger partial charge in [-0.25, -0.2) is 4.79 Å². The van der Waals surface area contributed by atoms with Crippen LogP contribution in [0.1, 0.15) is 15.9 Å². The second-order valence-corrected chi connectivity index (χ2v) is 2.96. The lowest BCUT2D eigenvalue weighted by Gasteiger charge is -2.19. The normalized spacial score (nSPS) is 13.0. The fourth-order valence-electron chi connectivity index (χ4n) is 1.38. The van der Waals surface area contributed by atoms with Crippen molar-refractivity contribution in [3.05, 3.63) is 23.3 Å². The quantitative estimate of drug-likeness (QED) is 0.740. The first-order chi connectivity index (χ1) is 7.22. The van der Waals surface area contributed by atoms with E-state index in [9.17, 15) is 4.79 Å². The Hall–Kier alpha value is -2.22. The molecule has 76 valence electrons. The first-order valence-electron chi connectivity index (χ1n) is 4.29. The van der Waals surface area contributed by atoms with E-state index in [4.69, 9.17) is 19.8 Å². The molecule has 1 heterocycles. The van der Waals surface area contributed by atoms with Gasteiger partial charge in [0.1, 0.15) is 18.8 Å². The molecule has 0 atom stereocenters. The second kappa shape index (κ2) is 3.50. The number of hydrogen-bond donors (Lipinski definition) is 1. The minimum absolute atomic E-state index is 0.0382. The summed E-state index contributed by atoms with van der Waals surface area (Å²) in [6.07, 6.45) is 0. The van der Waals surface area contributed by atoms with Crippen molar-refractivity contribution in [3.63, 3.8) is 0 Å². The summed E-state index contributed by atoms with van der Waals surface area (Å²) >= 11 is 0. The third-order valence-corrected chi connectivity index (χ3v) is 2.00. The van der Waals surface area contributed by atoms with Crippen molar-refractivity contribution in [3.8, 4) is 17.6 Å². The molecule has 0 unspecified atom stereocenters. The average molecular weight is 205 g/mol. The van der Waals surface area contributed by atoms with Crippen LogP contribution in [0.5, 0.6) is 11.5 Å². The Labute approximate surface area is 85.5 Å². The SMILES string of the molecule is N#Cc1cc2c(c(C(=O)O)c1)OCCO2. The monoisotopic (exact) mass is 205 g/mol. The van der Waals surface area contributed by atoms with Crippen LogP contribution in [0.25, 0.3) is 0 Å². The molecule has 0 saturated heterocycles. The summed E-state index contributed by atoms with van der Waals surface area (Å²) in [4.78, 5) is 10.9. The van der Waals surface area contributed by atoms with Gasteiger partial charge in [0.25, 0.3) is 0 Å². The van der Waals surface area contributed by atoms with Crippen molar-refractivity contribution in [2.45, 2.75) is 0 Å². The van der Waals surface area contributed by atoms with Crippen LogP contribution in [0.15, 0.2) is 12.1 Å².